The Hall–Kier alpha value is -4.23. The van der Waals surface area contributed by atoms with Gasteiger partial charge in [-0.15, -0.1) is 0 Å². The lowest BCUT2D eigenvalue weighted by molar-refractivity contribution is -0.384. The van der Waals surface area contributed by atoms with Gasteiger partial charge in [-0.05, 0) is 37.6 Å². The zero-order valence-electron chi connectivity index (χ0n) is 19.2. The molecule has 0 bridgehead atoms. The van der Waals surface area contributed by atoms with Crippen molar-refractivity contribution in [2.24, 2.45) is 5.73 Å². The summed E-state index contributed by atoms with van der Waals surface area (Å²) in [5, 5.41) is 20.8. The maximum atomic E-state index is 12.7. The molecule has 35 heavy (non-hydrogen) atoms. The molecule has 0 fully saturated rings. The van der Waals surface area contributed by atoms with Crippen molar-refractivity contribution in [1.29, 1.82) is 5.26 Å². The Morgan fingerprint density at radius 2 is 2.00 bits per heavy atom. The van der Waals surface area contributed by atoms with Crippen LogP contribution < -0.4 is 15.2 Å². The zero-order chi connectivity index (χ0) is 25.7. The van der Waals surface area contributed by atoms with Crippen molar-refractivity contribution in [2.75, 3.05) is 13.7 Å². The van der Waals surface area contributed by atoms with Crippen LogP contribution in [-0.4, -0.2) is 24.6 Å². The molecule has 2 N–H and O–H groups in total. The second-order valence-electron chi connectivity index (χ2n) is 7.35. The molecule has 3 rings (SSSR count). The van der Waals surface area contributed by atoms with Crippen LogP contribution in [0.3, 0.4) is 0 Å². The normalized spacial score (nSPS) is 15.2. The Kier molecular flexibility index (Phi) is 7.83. The lowest BCUT2D eigenvalue weighted by Gasteiger charge is -2.27. The van der Waals surface area contributed by atoms with Crippen LogP contribution in [-0.2, 0) is 20.9 Å². The molecular weight excluding hydrogens is 478 g/mol. The van der Waals surface area contributed by atoms with Crippen molar-refractivity contribution in [3.05, 3.63) is 85.5 Å². The minimum Gasteiger partial charge on any atom is -0.496 e. The van der Waals surface area contributed by atoms with Crippen molar-refractivity contribution >= 4 is 23.3 Å². The van der Waals surface area contributed by atoms with Gasteiger partial charge in [-0.3, -0.25) is 10.1 Å². The average Bonchev–Trinajstić information content (AvgIpc) is 2.82. The fourth-order valence-electron chi connectivity index (χ4n) is 3.65. The quantitative estimate of drug-likeness (QED) is 0.315. The summed E-state index contributed by atoms with van der Waals surface area (Å²) in [5.74, 6) is -0.610. The molecule has 11 heteroatoms. The first kappa shape index (κ1) is 25.4. The molecule has 182 valence electrons. The molecule has 2 aromatic rings. The number of hydrogen-bond donors (Lipinski definition) is 1. The van der Waals surface area contributed by atoms with E-state index in [1.54, 1.807) is 32.0 Å². The number of ether oxygens (including phenoxy) is 4. The van der Waals surface area contributed by atoms with Gasteiger partial charge in [0.2, 0.25) is 5.88 Å². The van der Waals surface area contributed by atoms with E-state index in [0.717, 1.165) is 0 Å². The smallest absolute Gasteiger partial charge is 0.338 e. The first-order chi connectivity index (χ1) is 16.7. The lowest BCUT2D eigenvalue weighted by atomic mass is 9.82. The topological polar surface area (TPSA) is 147 Å². The summed E-state index contributed by atoms with van der Waals surface area (Å²) in [6, 6.07) is 11.0. The minimum absolute atomic E-state index is 0.0176. The van der Waals surface area contributed by atoms with E-state index in [4.69, 9.17) is 36.3 Å². The molecule has 1 unspecified atom stereocenters. The first-order valence-electron chi connectivity index (χ1n) is 10.4. The van der Waals surface area contributed by atoms with E-state index >= 15 is 0 Å². The molecule has 1 atom stereocenters. The highest BCUT2D eigenvalue weighted by Gasteiger charge is 2.36. The van der Waals surface area contributed by atoms with Gasteiger partial charge in [0.05, 0.1) is 35.2 Å². The van der Waals surface area contributed by atoms with E-state index in [2.05, 4.69) is 0 Å². The van der Waals surface area contributed by atoms with E-state index in [0.29, 0.717) is 16.9 Å². The predicted octanol–water partition coefficient (Wildman–Crippen LogP) is 4.48. The maximum Gasteiger partial charge on any atom is 0.338 e. The number of nitriles is 1. The first-order valence-corrected chi connectivity index (χ1v) is 10.8. The molecule has 0 saturated carbocycles. The molecule has 1 aliphatic heterocycles. The number of hydrogen-bond acceptors (Lipinski definition) is 9. The summed E-state index contributed by atoms with van der Waals surface area (Å²) in [5.41, 5.74) is 7.15. The Labute approximate surface area is 206 Å². The van der Waals surface area contributed by atoms with Crippen molar-refractivity contribution in [3.63, 3.8) is 0 Å². The Morgan fingerprint density at radius 3 is 2.60 bits per heavy atom. The SMILES string of the molecule is CCOC(=O)C1=C(C)OC(N)=C(C#N)C1c1ccc(OC)c(COc2ccc([N+](=O)[O-])cc2Cl)c1. The molecule has 1 aliphatic rings. The Balaban J connectivity index is 2.01. The number of nitro groups is 1. The number of halogens is 1. The van der Waals surface area contributed by atoms with Crippen LogP contribution in [0, 0.1) is 21.4 Å². The number of nitrogens with zero attached hydrogens (tertiary/aromatic N) is 2. The molecule has 0 saturated heterocycles. The molecule has 0 amide bonds. The van der Waals surface area contributed by atoms with Gasteiger partial charge < -0.3 is 24.7 Å². The number of carbonyl (C=O) groups excluding carboxylic acids is 1. The molecule has 1 heterocycles. The van der Waals surface area contributed by atoms with Gasteiger partial charge in [0, 0.05) is 17.7 Å². The average molecular weight is 500 g/mol. The zero-order valence-corrected chi connectivity index (χ0v) is 19.9. The Morgan fingerprint density at radius 1 is 1.29 bits per heavy atom. The summed E-state index contributed by atoms with van der Waals surface area (Å²) < 4.78 is 21.9. The number of rotatable bonds is 8. The third-order valence-corrected chi connectivity index (χ3v) is 5.54. The van der Waals surface area contributed by atoms with Gasteiger partial charge in [-0.2, -0.15) is 5.26 Å². The van der Waals surface area contributed by atoms with E-state index < -0.39 is 16.8 Å². The summed E-state index contributed by atoms with van der Waals surface area (Å²) in [4.78, 5) is 23.1. The highest BCUT2D eigenvalue weighted by molar-refractivity contribution is 6.32. The van der Waals surface area contributed by atoms with Crippen LogP contribution in [0.4, 0.5) is 5.69 Å². The number of allylic oxidation sites excluding steroid dienone is 2. The molecule has 2 aromatic carbocycles. The summed E-state index contributed by atoms with van der Waals surface area (Å²) in [6.07, 6.45) is 0. The number of non-ortho nitro benzene ring substituents is 1. The largest absolute Gasteiger partial charge is 0.496 e. The third kappa shape index (κ3) is 5.31. The van der Waals surface area contributed by atoms with E-state index in [1.165, 1.54) is 25.3 Å². The van der Waals surface area contributed by atoms with Crippen molar-refractivity contribution < 1.29 is 28.7 Å². The summed E-state index contributed by atoms with van der Waals surface area (Å²) >= 11 is 6.13. The number of nitrogens with two attached hydrogens (primary N) is 1. The fraction of sp³-hybridized carbons (Fsp3) is 0.250. The summed E-state index contributed by atoms with van der Waals surface area (Å²) in [6.45, 7) is 3.37. The van der Waals surface area contributed by atoms with Crippen molar-refractivity contribution in [3.8, 4) is 17.6 Å². The monoisotopic (exact) mass is 499 g/mol. The highest BCUT2D eigenvalue weighted by atomic mass is 35.5. The highest BCUT2D eigenvalue weighted by Crippen LogP contribution is 2.41. The van der Waals surface area contributed by atoms with E-state index in [-0.39, 0.29) is 52.5 Å². The van der Waals surface area contributed by atoms with Gasteiger partial charge in [0.1, 0.15) is 35.5 Å². The third-order valence-electron chi connectivity index (χ3n) is 5.25. The molecule has 0 aliphatic carbocycles. The van der Waals surface area contributed by atoms with E-state index in [9.17, 15) is 20.2 Å². The maximum absolute atomic E-state index is 12.7. The predicted molar refractivity (Wildman–Crippen MR) is 125 cm³/mol. The lowest BCUT2D eigenvalue weighted by Crippen LogP contribution is -2.25. The molecule has 0 spiro atoms. The van der Waals surface area contributed by atoms with Crippen LogP contribution in [0.25, 0.3) is 0 Å². The molecular formula is C24H22ClN3O7. The van der Waals surface area contributed by atoms with Gasteiger partial charge in [-0.25, -0.2) is 4.79 Å². The van der Waals surface area contributed by atoms with Gasteiger partial charge in [0.25, 0.3) is 5.69 Å². The van der Waals surface area contributed by atoms with Crippen molar-refractivity contribution in [2.45, 2.75) is 26.4 Å². The van der Waals surface area contributed by atoms with Gasteiger partial charge in [-0.1, -0.05) is 17.7 Å². The molecule has 0 radical (unpaired) electrons. The standard InChI is InChI=1S/C24H22ClN3O7/c1-4-33-24(29)21-13(2)35-23(27)17(11-26)22(21)14-5-7-19(32-3)15(9-14)12-34-20-8-6-16(28(30)31)10-18(20)25/h5-10,22H,4,12,27H2,1-3H3. The van der Waals surface area contributed by atoms with Crippen molar-refractivity contribution in [1.82, 2.24) is 0 Å². The van der Waals surface area contributed by atoms with Crippen LogP contribution in [0.15, 0.2) is 59.2 Å². The Bertz CT molecular complexity index is 1280. The van der Waals surface area contributed by atoms with Gasteiger partial charge >= 0.3 is 5.97 Å². The van der Waals surface area contributed by atoms with Crippen LogP contribution in [0.5, 0.6) is 11.5 Å². The number of carbonyl (C=O) groups is 1. The molecule has 10 nitrogen and oxygen atoms in total. The van der Waals surface area contributed by atoms with Crippen LogP contribution in [0.2, 0.25) is 5.02 Å². The second-order valence-corrected chi connectivity index (χ2v) is 7.75. The number of benzene rings is 2. The minimum atomic E-state index is -0.833. The molecule has 0 aromatic heterocycles. The van der Waals surface area contributed by atoms with Crippen LogP contribution >= 0.6 is 11.6 Å². The summed E-state index contributed by atoms with van der Waals surface area (Å²) in [7, 11) is 1.48. The van der Waals surface area contributed by atoms with E-state index in [1.807, 2.05) is 6.07 Å². The fourth-order valence-corrected chi connectivity index (χ4v) is 3.88. The number of methoxy groups -OCH3 is 1. The van der Waals surface area contributed by atoms with Crippen LogP contribution in [0.1, 0.15) is 30.9 Å². The second kappa shape index (κ2) is 10.8. The van der Waals surface area contributed by atoms with Gasteiger partial charge in [0.15, 0.2) is 0 Å². The number of nitro benzene ring substituents is 1. The number of esters is 1.